The van der Waals surface area contributed by atoms with E-state index in [1.165, 1.54) is 18.5 Å². The molecular weight excluding hydrogens is 328 g/mol. The van der Waals surface area contributed by atoms with Crippen LogP contribution < -0.4 is 9.62 Å². The Morgan fingerprint density at radius 1 is 1.17 bits per heavy atom. The molecule has 23 heavy (non-hydrogen) atoms. The predicted octanol–water partition coefficient (Wildman–Crippen LogP) is 1.90. The summed E-state index contributed by atoms with van der Waals surface area (Å²) < 4.78 is 54.1. The van der Waals surface area contributed by atoms with Gasteiger partial charge in [0.2, 0.25) is 5.91 Å². The van der Waals surface area contributed by atoms with Gasteiger partial charge in [0.15, 0.2) is 4.90 Å². The summed E-state index contributed by atoms with van der Waals surface area (Å²) in [5.74, 6) is -2.79. The molecule has 120 valence electrons. The Labute approximate surface area is 130 Å². The Morgan fingerprint density at radius 2 is 1.87 bits per heavy atom. The van der Waals surface area contributed by atoms with Crippen molar-refractivity contribution in [3.63, 3.8) is 0 Å². The molecule has 0 fully saturated rings. The highest BCUT2D eigenvalue weighted by atomic mass is 32.2. The largest absolute Gasteiger partial charge is 0.324 e. The van der Waals surface area contributed by atoms with Crippen molar-refractivity contribution in [1.82, 2.24) is 4.98 Å². The first-order valence-corrected chi connectivity index (χ1v) is 8.06. The van der Waals surface area contributed by atoms with Crippen LogP contribution in [0.15, 0.2) is 41.6 Å². The van der Waals surface area contributed by atoms with Gasteiger partial charge < -0.3 is 5.32 Å². The number of sulfonamides is 1. The molecule has 0 saturated carbocycles. The van der Waals surface area contributed by atoms with Gasteiger partial charge in [0, 0.05) is 19.2 Å². The second-order valence-electron chi connectivity index (χ2n) is 4.82. The molecule has 1 N–H and O–H groups in total. The standard InChI is InChI=1S/C14H11F2N3O3S/c15-9-2-1-3-10(16)14(9)23(21,22)19-7-5-13(20)18-11-4-6-17-8-12(11)19/h1-4,6,8H,5,7H2,(H,18,20). The molecule has 1 aliphatic rings. The zero-order chi connectivity index (χ0) is 16.6. The first-order valence-electron chi connectivity index (χ1n) is 6.62. The molecule has 0 bridgehead atoms. The van der Waals surface area contributed by atoms with Crippen molar-refractivity contribution >= 4 is 27.3 Å². The van der Waals surface area contributed by atoms with Crippen LogP contribution in [0, 0.1) is 11.6 Å². The normalized spacial score (nSPS) is 14.9. The van der Waals surface area contributed by atoms with E-state index in [-0.39, 0.29) is 24.3 Å². The number of amides is 1. The highest BCUT2D eigenvalue weighted by molar-refractivity contribution is 7.92. The summed E-state index contributed by atoms with van der Waals surface area (Å²) in [5.41, 5.74) is 0.267. The number of hydrogen-bond acceptors (Lipinski definition) is 4. The maximum absolute atomic E-state index is 13.9. The molecule has 0 spiro atoms. The summed E-state index contributed by atoms with van der Waals surface area (Å²) in [7, 11) is -4.53. The molecule has 1 aromatic heterocycles. The molecule has 2 aromatic rings. The van der Waals surface area contributed by atoms with E-state index in [0.717, 1.165) is 22.5 Å². The number of fused-ring (bicyclic) bond motifs is 1. The molecule has 0 aliphatic carbocycles. The maximum atomic E-state index is 13.9. The lowest BCUT2D eigenvalue weighted by Gasteiger charge is -2.23. The fourth-order valence-corrected chi connectivity index (χ4v) is 3.90. The maximum Gasteiger partial charge on any atom is 0.270 e. The van der Waals surface area contributed by atoms with Crippen molar-refractivity contribution < 1.29 is 22.0 Å². The predicted molar refractivity (Wildman–Crippen MR) is 78.4 cm³/mol. The van der Waals surface area contributed by atoms with Crippen molar-refractivity contribution in [2.75, 3.05) is 16.2 Å². The Morgan fingerprint density at radius 3 is 2.57 bits per heavy atom. The second kappa shape index (κ2) is 5.58. The van der Waals surface area contributed by atoms with Gasteiger partial charge in [0.1, 0.15) is 11.6 Å². The molecule has 1 amide bonds. The number of benzene rings is 1. The topological polar surface area (TPSA) is 79.4 Å². The smallest absolute Gasteiger partial charge is 0.270 e. The lowest BCUT2D eigenvalue weighted by Crippen LogP contribution is -2.33. The molecule has 0 radical (unpaired) electrons. The number of hydrogen-bond donors (Lipinski definition) is 1. The van der Waals surface area contributed by atoms with Gasteiger partial charge in [-0.2, -0.15) is 0 Å². The number of nitrogens with zero attached hydrogens (tertiary/aromatic N) is 2. The van der Waals surface area contributed by atoms with Crippen molar-refractivity contribution in [3.8, 4) is 0 Å². The SMILES string of the molecule is O=C1CCN(S(=O)(=O)c2c(F)cccc2F)c2cnccc2N1. The third kappa shape index (κ3) is 2.63. The number of rotatable bonds is 2. The lowest BCUT2D eigenvalue weighted by atomic mass is 10.3. The molecule has 3 rings (SSSR count). The number of halogens is 2. The van der Waals surface area contributed by atoms with E-state index < -0.39 is 32.5 Å². The number of pyridine rings is 1. The van der Waals surface area contributed by atoms with Crippen molar-refractivity contribution in [2.45, 2.75) is 11.3 Å². The summed E-state index contributed by atoms with van der Waals surface area (Å²) >= 11 is 0. The molecule has 6 nitrogen and oxygen atoms in total. The molecule has 1 aromatic carbocycles. The number of aromatic nitrogens is 1. The van der Waals surface area contributed by atoms with Crippen LogP contribution in [0.3, 0.4) is 0 Å². The minimum absolute atomic E-state index is 0.0565. The van der Waals surface area contributed by atoms with E-state index in [1.807, 2.05) is 0 Å². The highest BCUT2D eigenvalue weighted by Crippen LogP contribution is 2.33. The van der Waals surface area contributed by atoms with E-state index in [9.17, 15) is 22.0 Å². The fraction of sp³-hybridized carbons (Fsp3) is 0.143. The summed E-state index contributed by atoms with van der Waals surface area (Å²) in [4.78, 5) is 14.5. The van der Waals surface area contributed by atoms with Gasteiger partial charge in [-0.05, 0) is 18.2 Å². The molecule has 2 heterocycles. The fourth-order valence-electron chi connectivity index (χ4n) is 2.32. The molecule has 9 heteroatoms. The van der Waals surface area contributed by atoms with Gasteiger partial charge in [0.05, 0.1) is 17.6 Å². The van der Waals surface area contributed by atoms with Gasteiger partial charge in [-0.25, -0.2) is 17.2 Å². The van der Waals surface area contributed by atoms with Crippen LogP contribution in [0.25, 0.3) is 0 Å². The van der Waals surface area contributed by atoms with Crippen molar-refractivity contribution in [3.05, 3.63) is 48.3 Å². The van der Waals surface area contributed by atoms with Crippen LogP contribution in [0.1, 0.15) is 6.42 Å². The minimum atomic E-state index is -4.53. The zero-order valence-electron chi connectivity index (χ0n) is 11.7. The number of nitrogens with one attached hydrogen (secondary N) is 1. The summed E-state index contributed by atoms with van der Waals surface area (Å²) in [6, 6.07) is 4.22. The van der Waals surface area contributed by atoms with Crippen molar-refractivity contribution in [1.29, 1.82) is 0 Å². The molecule has 0 atom stereocenters. The Kier molecular flexibility index (Phi) is 3.72. The molecule has 1 aliphatic heterocycles. The average Bonchev–Trinajstić information content (AvgIpc) is 2.65. The summed E-state index contributed by atoms with van der Waals surface area (Å²) in [6.07, 6.45) is 2.44. The molecule has 0 saturated heterocycles. The Bertz CT molecular complexity index is 866. The highest BCUT2D eigenvalue weighted by Gasteiger charge is 2.34. The Balaban J connectivity index is 2.19. The van der Waals surface area contributed by atoms with E-state index in [0.29, 0.717) is 0 Å². The first kappa shape index (κ1) is 15.3. The van der Waals surface area contributed by atoms with Crippen LogP contribution in [0.4, 0.5) is 20.2 Å². The zero-order valence-corrected chi connectivity index (χ0v) is 12.5. The van der Waals surface area contributed by atoms with Gasteiger partial charge in [0.25, 0.3) is 10.0 Å². The molecular formula is C14H11F2N3O3S. The summed E-state index contributed by atoms with van der Waals surface area (Å²) in [6.45, 7) is -0.249. The van der Waals surface area contributed by atoms with Gasteiger partial charge >= 0.3 is 0 Å². The second-order valence-corrected chi connectivity index (χ2v) is 6.62. The van der Waals surface area contributed by atoms with E-state index >= 15 is 0 Å². The number of carbonyl (C=O) groups excluding carboxylic acids is 1. The van der Waals surface area contributed by atoms with Crippen LogP contribution in [0.5, 0.6) is 0 Å². The average molecular weight is 339 g/mol. The van der Waals surface area contributed by atoms with Crippen LogP contribution in [-0.2, 0) is 14.8 Å². The number of carbonyl (C=O) groups is 1. The quantitative estimate of drug-likeness (QED) is 0.906. The minimum Gasteiger partial charge on any atom is -0.324 e. The van der Waals surface area contributed by atoms with E-state index in [2.05, 4.69) is 10.3 Å². The third-order valence-electron chi connectivity index (χ3n) is 3.35. The first-order chi connectivity index (χ1) is 10.9. The monoisotopic (exact) mass is 339 g/mol. The van der Waals surface area contributed by atoms with E-state index in [4.69, 9.17) is 0 Å². The Hall–Kier alpha value is -2.55. The van der Waals surface area contributed by atoms with Gasteiger partial charge in [-0.15, -0.1) is 0 Å². The molecule has 0 unspecified atom stereocenters. The third-order valence-corrected chi connectivity index (χ3v) is 5.22. The lowest BCUT2D eigenvalue weighted by molar-refractivity contribution is -0.115. The van der Waals surface area contributed by atoms with Gasteiger partial charge in [-0.3, -0.25) is 14.1 Å². The van der Waals surface area contributed by atoms with Crippen LogP contribution in [0.2, 0.25) is 0 Å². The van der Waals surface area contributed by atoms with Crippen LogP contribution >= 0.6 is 0 Å². The van der Waals surface area contributed by atoms with Crippen LogP contribution in [-0.4, -0.2) is 25.9 Å². The van der Waals surface area contributed by atoms with E-state index in [1.54, 1.807) is 0 Å². The van der Waals surface area contributed by atoms with Gasteiger partial charge in [-0.1, -0.05) is 6.07 Å². The summed E-state index contributed by atoms with van der Waals surface area (Å²) in [5, 5.41) is 2.53. The number of anilines is 2. The van der Waals surface area contributed by atoms with Crippen molar-refractivity contribution in [2.24, 2.45) is 0 Å².